The minimum absolute atomic E-state index is 0.0103. The second-order valence-corrected chi connectivity index (χ2v) is 6.70. The van der Waals surface area contributed by atoms with Crippen molar-refractivity contribution < 1.29 is 18.0 Å². The number of piperidine rings is 1. The van der Waals surface area contributed by atoms with E-state index in [1.807, 2.05) is 4.90 Å². The van der Waals surface area contributed by atoms with Crippen molar-refractivity contribution in [3.05, 3.63) is 53.5 Å². The van der Waals surface area contributed by atoms with Crippen LogP contribution in [0.4, 0.5) is 19.0 Å². The molecule has 3 rings (SSSR count). The van der Waals surface area contributed by atoms with Crippen molar-refractivity contribution in [2.75, 3.05) is 25.0 Å². The molecule has 3 heterocycles. The van der Waals surface area contributed by atoms with Gasteiger partial charge in [0, 0.05) is 44.3 Å². The number of aryl methyl sites for hydroxylation is 1. The van der Waals surface area contributed by atoms with Gasteiger partial charge < -0.3 is 9.80 Å². The van der Waals surface area contributed by atoms with Gasteiger partial charge in [0.15, 0.2) is 0 Å². The van der Waals surface area contributed by atoms with Gasteiger partial charge >= 0.3 is 6.18 Å². The molecule has 1 aliphatic rings. The molecule has 1 atom stereocenters. The molecular formula is C19H21F3N4O. The molecule has 0 radical (unpaired) electrons. The third-order valence-electron chi connectivity index (χ3n) is 4.91. The lowest BCUT2D eigenvalue weighted by Gasteiger charge is -2.38. The number of hydrogen-bond acceptors (Lipinski definition) is 4. The molecule has 1 saturated heterocycles. The van der Waals surface area contributed by atoms with Gasteiger partial charge in [0.2, 0.25) is 0 Å². The zero-order valence-corrected chi connectivity index (χ0v) is 15.2. The highest BCUT2D eigenvalue weighted by molar-refractivity contribution is 5.95. The summed E-state index contributed by atoms with van der Waals surface area (Å²) in [4.78, 5) is 24.5. The van der Waals surface area contributed by atoms with Crippen LogP contribution in [0.1, 0.15) is 34.5 Å². The number of carbonyl (C=O) groups is 1. The van der Waals surface area contributed by atoms with Crippen molar-refractivity contribution >= 4 is 11.7 Å². The monoisotopic (exact) mass is 378 g/mol. The molecule has 0 N–H and O–H groups in total. The second kappa shape index (κ2) is 7.54. The Morgan fingerprint density at radius 3 is 2.67 bits per heavy atom. The number of carbonyl (C=O) groups excluding carboxylic acids is 1. The summed E-state index contributed by atoms with van der Waals surface area (Å²) in [6, 6.07) is 5.89. The molecule has 1 aliphatic heterocycles. The average molecular weight is 378 g/mol. The van der Waals surface area contributed by atoms with E-state index in [1.54, 1.807) is 37.2 Å². The number of halogens is 3. The zero-order chi connectivity index (χ0) is 19.6. The number of aromatic nitrogens is 2. The number of likely N-dealkylation sites (tertiary alicyclic amines) is 1. The van der Waals surface area contributed by atoms with Crippen LogP contribution in [-0.2, 0) is 6.18 Å². The molecule has 27 heavy (non-hydrogen) atoms. The number of hydrogen-bond donors (Lipinski definition) is 0. The molecule has 5 nitrogen and oxygen atoms in total. The van der Waals surface area contributed by atoms with E-state index in [0.717, 1.165) is 25.1 Å². The maximum atomic E-state index is 12.8. The highest BCUT2D eigenvalue weighted by Crippen LogP contribution is 2.30. The summed E-state index contributed by atoms with van der Waals surface area (Å²) in [5.41, 5.74) is 0.489. The van der Waals surface area contributed by atoms with Crippen LogP contribution >= 0.6 is 0 Å². The molecule has 1 unspecified atom stereocenters. The first-order chi connectivity index (χ1) is 12.8. The molecular weight excluding hydrogens is 357 g/mol. The average Bonchev–Trinajstić information content (AvgIpc) is 2.67. The Morgan fingerprint density at radius 2 is 2.04 bits per heavy atom. The van der Waals surface area contributed by atoms with E-state index in [-0.39, 0.29) is 11.9 Å². The van der Waals surface area contributed by atoms with Gasteiger partial charge in [-0.25, -0.2) is 4.98 Å². The summed E-state index contributed by atoms with van der Waals surface area (Å²) >= 11 is 0. The third kappa shape index (κ3) is 4.20. The Balaban J connectivity index is 1.72. The zero-order valence-electron chi connectivity index (χ0n) is 15.2. The van der Waals surface area contributed by atoms with Gasteiger partial charge in [0.25, 0.3) is 5.91 Å². The fourth-order valence-corrected chi connectivity index (χ4v) is 3.29. The summed E-state index contributed by atoms with van der Waals surface area (Å²) in [7, 11) is 1.80. The van der Waals surface area contributed by atoms with Gasteiger partial charge in [0.1, 0.15) is 5.82 Å². The smallest absolute Gasteiger partial charge is 0.355 e. The van der Waals surface area contributed by atoms with E-state index < -0.39 is 11.7 Å². The van der Waals surface area contributed by atoms with Gasteiger partial charge in [-0.1, -0.05) is 0 Å². The molecule has 1 amide bonds. The molecule has 144 valence electrons. The van der Waals surface area contributed by atoms with E-state index in [9.17, 15) is 18.0 Å². The lowest BCUT2D eigenvalue weighted by atomic mass is 10.0. The van der Waals surface area contributed by atoms with Crippen LogP contribution in [0.15, 0.2) is 36.7 Å². The first kappa shape index (κ1) is 19.1. The van der Waals surface area contributed by atoms with E-state index >= 15 is 0 Å². The normalized spacial score (nSPS) is 17.7. The van der Waals surface area contributed by atoms with E-state index in [4.69, 9.17) is 0 Å². The van der Waals surface area contributed by atoms with Crippen LogP contribution < -0.4 is 4.90 Å². The Morgan fingerprint density at radius 1 is 1.26 bits per heavy atom. The second-order valence-electron chi connectivity index (χ2n) is 6.70. The fourth-order valence-electron chi connectivity index (χ4n) is 3.29. The molecule has 8 heteroatoms. The summed E-state index contributed by atoms with van der Waals surface area (Å²) < 4.78 is 38.1. The number of likely N-dealkylation sites (N-methyl/N-ethyl adjacent to an activating group) is 1. The van der Waals surface area contributed by atoms with Gasteiger partial charge in [-0.2, -0.15) is 13.2 Å². The largest absolute Gasteiger partial charge is 0.417 e. The van der Waals surface area contributed by atoms with Crippen LogP contribution in [-0.4, -0.2) is 47.0 Å². The van der Waals surface area contributed by atoms with Crippen molar-refractivity contribution in [1.82, 2.24) is 14.9 Å². The maximum absolute atomic E-state index is 12.8. The van der Waals surface area contributed by atoms with Crippen LogP contribution in [0.5, 0.6) is 0 Å². The fraction of sp³-hybridized carbons (Fsp3) is 0.421. The molecule has 0 aromatic carbocycles. The molecule has 1 fully saturated rings. The Labute approximate surface area is 155 Å². The van der Waals surface area contributed by atoms with E-state index in [0.29, 0.717) is 30.2 Å². The quantitative estimate of drug-likeness (QED) is 0.820. The van der Waals surface area contributed by atoms with Crippen molar-refractivity contribution in [2.45, 2.75) is 32.0 Å². The number of alkyl halides is 3. The molecule has 2 aromatic heterocycles. The summed E-state index contributed by atoms with van der Waals surface area (Å²) in [6.07, 6.45) is -0.249. The summed E-state index contributed by atoms with van der Waals surface area (Å²) in [5.74, 6) is 0.388. The van der Waals surface area contributed by atoms with Crippen molar-refractivity contribution in [1.29, 1.82) is 0 Å². The predicted octanol–water partition coefficient (Wildman–Crippen LogP) is 3.54. The Bertz CT molecular complexity index is 807. The van der Waals surface area contributed by atoms with Crippen molar-refractivity contribution in [3.63, 3.8) is 0 Å². The topological polar surface area (TPSA) is 49.3 Å². The number of nitrogens with zero attached hydrogens (tertiary/aromatic N) is 4. The summed E-state index contributed by atoms with van der Waals surface area (Å²) in [6.45, 7) is 2.94. The van der Waals surface area contributed by atoms with E-state index in [1.165, 1.54) is 6.07 Å². The number of pyridine rings is 2. The van der Waals surface area contributed by atoms with Gasteiger partial charge in [-0.3, -0.25) is 9.78 Å². The molecule has 2 aromatic rings. The molecule has 0 spiro atoms. The maximum Gasteiger partial charge on any atom is 0.417 e. The number of amides is 1. The molecule has 0 bridgehead atoms. The number of anilines is 1. The lowest BCUT2D eigenvalue weighted by Crippen LogP contribution is -2.49. The molecule has 0 aliphatic carbocycles. The standard InChI is InChI=1S/C19H21F3N4O/c1-13-16(6-3-9-23-13)18(27)26-10-4-5-15(12-26)25(2)17-8-7-14(11-24-17)19(20,21)22/h3,6-9,11,15H,4-5,10,12H2,1-2H3. The number of rotatable bonds is 3. The van der Waals surface area contributed by atoms with Crippen molar-refractivity contribution in [3.8, 4) is 0 Å². The Kier molecular flexibility index (Phi) is 5.34. The molecule has 0 saturated carbocycles. The third-order valence-corrected chi connectivity index (χ3v) is 4.91. The minimum Gasteiger partial charge on any atom is -0.355 e. The van der Waals surface area contributed by atoms with Gasteiger partial charge in [-0.15, -0.1) is 0 Å². The first-order valence-corrected chi connectivity index (χ1v) is 8.74. The highest BCUT2D eigenvalue weighted by atomic mass is 19.4. The van der Waals surface area contributed by atoms with Gasteiger partial charge in [0.05, 0.1) is 11.1 Å². The SMILES string of the molecule is Cc1ncccc1C(=O)N1CCCC(N(C)c2ccc(C(F)(F)F)cn2)C1. The van der Waals surface area contributed by atoms with Crippen LogP contribution in [0.2, 0.25) is 0 Å². The van der Waals surface area contributed by atoms with Crippen molar-refractivity contribution in [2.24, 2.45) is 0 Å². The van der Waals surface area contributed by atoms with Gasteiger partial charge in [-0.05, 0) is 44.0 Å². The van der Waals surface area contributed by atoms with Crippen LogP contribution in [0.25, 0.3) is 0 Å². The lowest BCUT2D eigenvalue weighted by molar-refractivity contribution is -0.137. The minimum atomic E-state index is -4.40. The first-order valence-electron chi connectivity index (χ1n) is 8.74. The van der Waals surface area contributed by atoms with Crippen LogP contribution in [0.3, 0.4) is 0 Å². The summed E-state index contributed by atoms with van der Waals surface area (Å²) in [5, 5.41) is 0. The Hall–Kier alpha value is -2.64. The highest BCUT2D eigenvalue weighted by Gasteiger charge is 2.32. The predicted molar refractivity (Wildman–Crippen MR) is 95.5 cm³/mol. The van der Waals surface area contributed by atoms with E-state index in [2.05, 4.69) is 9.97 Å². The van der Waals surface area contributed by atoms with Crippen LogP contribution in [0, 0.1) is 6.92 Å².